The molecule has 0 saturated carbocycles. The molecule has 0 bridgehead atoms. The number of aliphatic hydroxyl groups is 2. The lowest BCUT2D eigenvalue weighted by Gasteiger charge is -2.19. The van der Waals surface area contributed by atoms with Crippen molar-refractivity contribution in [2.24, 2.45) is 0 Å². The molecule has 0 amide bonds. The number of carbonyl (C=O) groups is 2. The Morgan fingerprint density at radius 1 is 1.32 bits per heavy atom. The standard InChI is InChI=1S/C13H15FO4S/c1-7(15)11-5-9(14)3-4-10(11)13(18)12(17)6-19-8(2)16/h3-5,12-13,17-18H,6H2,1-2H3. The summed E-state index contributed by atoms with van der Waals surface area (Å²) in [5.41, 5.74) is 0.185. The third-order valence-corrected chi connectivity index (χ3v) is 3.45. The number of thioether (sulfide) groups is 1. The summed E-state index contributed by atoms with van der Waals surface area (Å²) in [7, 11) is 0. The SMILES string of the molecule is CC(=O)SCC(O)C(O)c1ccc(F)cc1C(C)=O. The molecule has 0 aliphatic heterocycles. The van der Waals surface area contributed by atoms with E-state index in [4.69, 9.17) is 0 Å². The van der Waals surface area contributed by atoms with Gasteiger partial charge in [-0.25, -0.2) is 4.39 Å². The summed E-state index contributed by atoms with van der Waals surface area (Å²) in [5.74, 6) is -0.987. The van der Waals surface area contributed by atoms with Gasteiger partial charge in [0.1, 0.15) is 11.9 Å². The molecule has 2 unspecified atom stereocenters. The van der Waals surface area contributed by atoms with Crippen molar-refractivity contribution >= 4 is 22.7 Å². The Kier molecular flexibility index (Phi) is 5.65. The van der Waals surface area contributed by atoms with E-state index in [9.17, 15) is 24.2 Å². The first-order valence-electron chi connectivity index (χ1n) is 5.62. The third-order valence-electron chi connectivity index (χ3n) is 2.54. The number of hydrogen-bond donors (Lipinski definition) is 2. The molecule has 0 heterocycles. The lowest BCUT2D eigenvalue weighted by atomic mass is 9.97. The highest BCUT2D eigenvalue weighted by molar-refractivity contribution is 8.13. The van der Waals surface area contributed by atoms with Gasteiger partial charge in [-0.15, -0.1) is 0 Å². The van der Waals surface area contributed by atoms with Gasteiger partial charge in [0, 0.05) is 18.2 Å². The molecule has 0 spiro atoms. The maximum atomic E-state index is 13.1. The van der Waals surface area contributed by atoms with Crippen molar-refractivity contribution < 1.29 is 24.2 Å². The van der Waals surface area contributed by atoms with E-state index in [2.05, 4.69) is 0 Å². The summed E-state index contributed by atoms with van der Waals surface area (Å²) in [6.45, 7) is 2.60. The van der Waals surface area contributed by atoms with Crippen molar-refractivity contribution in [3.8, 4) is 0 Å². The first-order valence-corrected chi connectivity index (χ1v) is 6.61. The van der Waals surface area contributed by atoms with Gasteiger partial charge in [-0.1, -0.05) is 17.8 Å². The number of carbonyl (C=O) groups excluding carboxylic acids is 2. The van der Waals surface area contributed by atoms with Crippen molar-refractivity contribution in [3.05, 3.63) is 35.1 Å². The van der Waals surface area contributed by atoms with Gasteiger partial charge in [0.15, 0.2) is 10.9 Å². The molecule has 2 atom stereocenters. The first-order chi connectivity index (χ1) is 8.82. The van der Waals surface area contributed by atoms with Crippen LogP contribution in [-0.4, -0.2) is 33.0 Å². The summed E-state index contributed by atoms with van der Waals surface area (Å²) >= 11 is 0.872. The molecule has 6 heteroatoms. The number of halogens is 1. The Morgan fingerprint density at radius 2 is 1.95 bits per heavy atom. The van der Waals surface area contributed by atoms with E-state index >= 15 is 0 Å². The van der Waals surface area contributed by atoms with Crippen LogP contribution in [-0.2, 0) is 4.79 Å². The van der Waals surface area contributed by atoms with Crippen molar-refractivity contribution in [1.29, 1.82) is 0 Å². The van der Waals surface area contributed by atoms with E-state index in [1.807, 2.05) is 0 Å². The van der Waals surface area contributed by atoms with Crippen LogP contribution in [0.25, 0.3) is 0 Å². The molecular weight excluding hydrogens is 271 g/mol. The van der Waals surface area contributed by atoms with Gasteiger partial charge in [0.25, 0.3) is 0 Å². The number of hydrogen-bond acceptors (Lipinski definition) is 5. The number of ketones is 1. The minimum Gasteiger partial charge on any atom is -0.389 e. The lowest BCUT2D eigenvalue weighted by Crippen LogP contribution is -2.23. The van der Waals surface area contributed by atoms with E-state index in [-0.39, 0.29) is 22.0 Å². The number of Topliss-reactive ketones (excluding diaryl/α,β-unsaturated/α-hetero) is 1. The summed E-state index contributed by atoms with van der Waals surface area (Å²) < 4.78 is 13.1. The zero-order chi connectivity index (χ0) is 14.6. The Balaban J connectivity index is 2.95. The second kappa shape index (κ2) is 6.79. The van der Waals surface area contributed by atoms with Crippen LogP contribution in [0.2, 0.25) is 0 Å². The molecule has 0 aromatic heterocycles. The molecule has 19 heavy (non-hydrogen) atoms. The van der Waals surface area contributed by atoms with Crippen molar-refractivity contribution in [2.75, 3.05) is 5.75 Å². The highest BCUT2D eigenvalue weighted by Gasteiger charge is 2.23. The molecule has 0 fully saturated rings. The average molecular weight is 286 g/mol. The summed E-state index contributed by atoms with van der Waals surface area (Å²) in [6, 6.07) is 3.39. The zero-order valence-corrected chi connectivity index (χ0v) is 11.4. The monoisotopic (exact) mass is 286 g/mol. The maximum absolute atomic E-state index is 13.1. The Hall–Kier alpha value is -1.24. The molecule has 0 saturated heterocycles. The fraction of sp³-hybridized carbons (Fsp3) is 0.385. The topological polar surface area (TPSA) is 74.6 Å². The smallest absolute Gasteiger partial charge is 0.185 e. The molecular formula is C13H15FO4S. The molecule has 1 aromatic rings. The number of benzene rings is 1. The van der Waals surface area contributed by atoms with Crippen LogP contribution in [0.4, 0.5) is 4.39 Å². The Labute approximate surface area is 114 Å². The van der Waals surface area contributed by atoms with Crippen LogP contribution < -0.4 is 0 Å². The van der Waals surface area contributed by atoms with Crippen molar-refractivity contribution in [1.82, 2.24) is 0 Å². The van der Waals surface area contributed by atoms with Gasteiger partial charge in [0.2, 0.25) is 0 Å². The van der Waals surface area contributed by atoms with Crippen LogP contribution in [0, 0.1) is 5.82 Å². The fourth-order valence-electron chi connectivity index (χ4n) is 1.59. The predicted octanol–water partition coefficient (Wildman–Crippen LogP) is 1.70. The molecule has 2 N–H and O–H groups in total. The van der Waals surface area contributed by atoms with Crippen molar-refractivity contribution in [2.45, 2.75) is 26.1 Å². The summed E-state index contributed by atoms with van der Waals surface area (Å²) in [5, 5.41) is 19.6. The van der Waals surface area contributed by atoms with E-state index < -0.39 is 23.8 Å². The normalized spacial score (nSPS) is 13.9. The minimum atomic E-state index is -1.34. The van der Waals surface area contributed by atoms with Gasteiger partial charge < -0.3 is 10.2 Å². The molecule has 1 rings (SSSR count). The van der Waals surface area contributed by atoms with Gasteiger partial charge in [-0.3, -0.25) is 9.59 Å². The summed E-state index contributed by atoms with van der Waals surface area (Å²) in [4.78, 5) is 22.2. The van der Waals surface area contributed by atoms with E-state index in [0.717, 1.165) is 23.9 Å². The maximum Gasteiger partial charge on any atom is 0.185 e. The quantitative estimate of drug-likeness (QED) is 0.806. The Morgan fingerprint density at radius 3 is 2.47 bits per heavy atom. The lowest BCUT2D eigenvalue weighted by molar-refractivity contribution is -0.109. The second-order valence-corrected chi connectivity index (χ2v) is 5.30. The van der Waals surface area contributed by atoms with E-state index in [1.165, 1.54) is 19.9 Å². The average Bonchev–Trinajstić information content (AvgIpc) is 2.34. The van der Waals surface area contributed by atoms with Gasteiger partial charge in [-0.05, 0) is 24.6 Å². The molecule has 4 nitrogen and oxygen atoms in total. The second-order valence-electron chi connectivity index (χ2n) is 4.10. The highest BCUT2D eigenvalue weighted by Crippen LogP contribution is 2.24. The van der Waals surface area contributed by atoms with Crippen LogP contribution in [0.3, 0.4) is 0 Å². The molecule has 104 valence electrons. The Bertz CT molecular complexity index is 490. The number of aliphatic hydroxyl groups excluding tert-OH is 2. The van der Waals surface area contributed by atoms with E-state index in [0.29, 0.717) is 0 Å². The minimum absolute atomic E-state index is 0.00518. The molecule has 0 aliphatic rings. The first kappa shape index (κ1) is 15.8. The molecule has 0 radical (unpaired) electrons. The van der Waals surface area contributed by atoms with Gasteiger partial charge >= 0.3 is 0 Å². The predicted molar refractivity (Wildman–Crippen MR) is 70.5 cm³/mol. The largest absolute Gasteiger partial charge is 0.389 e. The van der Waals surface area contributed by atoms with Crippen molar-refractivity contribution in [3.63, 3.8) is 0 Å². The fourth-order valence-corrected chi connectivity index (χ4v) is 2.18. The highest BCUT2D eigenvalue weighted by atomic mass is 32.2. The van der Waals surface area contributed by atoms with Crippen LogP contribution in [0.1, 0.15) is 35.9 Å². The number of rotatable bonds is 5. The third kappa shape index (κ3) is 4.41. The van der Waals surface area contributed by atoms with Crippen LogP contribution >= 0.6 is 11.8 Å². The molecule has 1 aromatic carbocycles. The summed E-state index contributed by atoms with van der Waals surface area (Å²) in [6.07, 6.45) is -2.55. The molecule has 0 aliphatic carbocycles. The van der Waals surface area contributed by atoms with Gasteiger partial charge in [0.05, 0.1) is 6.10 Å². The van der Waals surface area contributed by atoms with Crippen LogP contribution in [0.15, 0.2) is 18.2 Å². The zero-order valence-electron chi connectivity index (χ0n) is 10.6. The van der Waals surface area contributed by atoms with E-state index in [1.54, 1.807) is 0 Å². The van der Waals surface area contributed by atoms with Gasteiger partial charge in [-0.2, -0.15) is 0 Å². The van der Waals surface area contributed by atoms with Crippen LogP contribution in [0.5, 0.6) is 0 Å².